The number of carboxylic acid groups (broad SMARTS) is 1. The van der Waals surface area contributed by atoms with Crippen molar-refractivity contribution in [3.63, 3.8) is 0 Å². The molecule has 0 aliphatic heterocycles. The van der Waals surface area contributed by atoms with Gasteiger partial charge in [0.15, 0.2) is 6.61 Å². The summed E-state index contributed by atoms with van der Waals surface area (Å²) in [5.74, 6) is -0.821. The fraction of sp³-hybridized carbons (Fsp3) is 0.167. The fourth-order valence-electron chi connectivity index (χ4n) is 1.50. The summed E-state index contributed by atoms with van der Waals surface area (Å²) in [7, 11) is -3.65. The van der Waals surface area contributed by atoms with Crippen molar-refractivity contribution < 1.29 is 23.1 Å². The minimum atomic E-state index is -3.65. The van der Waals surface area contributed by atoms with Crippen LogP contribution >= 0.6 is 0 Å². The summed E-state index contributed by atoms with van der Waals surface area (Å²) in [5.41, 5.74) is 0.639. The maximum atomic E-state index is 12.0. The molecule has 0 aliphatic rings. The van der Waals surface area contributed by atoms with Gasteiger partial charge in [0, 0.05) is 11.9 Å². The lowest BCUT2D eigenvalue weighted by Crippen LogP contribution is -2.23. The van der Waals surface area contributed by atoms with Crippen LogP contribution in [0.4, 0.5) is 0 Å². The number of aromatic amines is 1. The maximum absolute atomic E-state index is 12.0. The molecule has 0 aliphatic carbocycles. The van der Waals surface area contributed by atoms with E-state index in [9.17, 15) is 13.2 Å². The van der Waals surface area contributed by atoms with E-state index in [4.69, 9.17) is 9.84 Å². The predicted molar refractivity (Wildman–Crippen MR) is 72.2 cm³/mol. The molecule has 3 N–H and O–H groups in total. The summed E-state index contributed by atoms with van der Waals surface area (Å²) >= 11 is 0. The van der Waals surface area contributed by atoms with Crippen molar-refractivity contribution >= 4 is 16.0 Å². The van der Waals surface area contributed by atoms with Gasteiger partial charge in [-0.15, -0.1) is 0 Å². The molecule has 112 valence electrons. The molecular weight excluding hydrogens is 298 g/mol. The summed E-state index contributed by atoms with van der Waals surface area (Å²) in [6.07, 6.45) is 2.98. The predicted octanol–water partition coefficient (Wildman–Crippen LogP) is 0.352. The van der Waals surface area contributed by atoms with Gasteiger partial charge in [-0.25, -0.2) is 22.9 Å². The van der Waals surface area contributed by atoms with E-state index in [0.29, 0.717) is 5.69 Å². The summed E-state index contributed by atoms with van der Waals surface area (Å²) in [5, 5.41) is 8.48. The molecule has 0 radical (unpaired) electrons. The minimum Gasteiger partial charge on any atom is -0.482 e. The van der Waals surface area contributed by atoms with Gasteiger partial charge in [-0.3, -0.25) is 0 Å². The van der Waals surface area contributed by atoms with Crippen LogP contribution in [-0.4, -0.2) is 36.1 Å². The zero-order valence-electron chi connectivity index (χ0n) is 10.8. The SMILES string of the molecule is O=C(O)COc1ccc(S(=O)(=O)NCc2cnc[nH]2)cc1. The number of hydrogen-bond acceptors (Lipinski definition) is 5. The van der Waals surface area contributed by atoms with Crippen molar-refractivity contribution in [2.24, 2.45) is 0 Å². The highest BCUT2D eigenvalue weighted by atomic mass is 32.2. The highest BCUT2D eigenvalue weighted by Crippen LogP contribution is 2.16. The number of nitrogens with one attached hydrogen (secondary N) is 2. The molecule has 1 aromatic carbocycles. The molecule has 0 fully saturated rings. The zero-order valence-corrected chi connectivity index (χ0v) is 11.6. The van der Waals surface area contributed by atoms with E-state index in [1.807, 2.05) is 0 Å². The number of carbonyl (C=O) groups is 1. The molecule has 2 rings (SSSR count). The lowest BCUT2D eigenvalue weighted by Gasteiger charge is -2.07. The van der Waals surface area contributed by atoms with Crippen LogP contribution < -0.4 is 9.46 Å². The van der Waals surface area contributed by atoms with Gasteiger partial charge in [0.25, 0.3) is 0 Å². The molecule has 2 aromatic rings. The van der Waals surface area contributed by atoms with Gasteiger partial charge < -0.3 is 14.8 Å². The first-order valence-electron chi connectivity index (χ1n) is 5.89. The molecule has 0 unspecified atom stereocenters. The third-order valence-electron chi connectivity index (χ3n) is 2.50. The molecule has 8 nitrogen and oxygen atoms in total. The number of H-pyrrole nitrogens is 1. The monoisotopic (exact) mass is 311 g/mol. The van der Waals surface area contributed by atoms with E-state index in [-0.39, 0.29) is 17.2 Å². The van der Waals surface area contributed by atoms with Crippen LogP contribution in [0.1, 0.15) is 5.69 Å². The minimum absolute atomic E-state index is 0.0599. The molecule has 0 spiro atoms. The van der Waals surface area contributed by atoms with Crippen molar-refractivity contribution in [1.82, 2.24) is 14.7 Å². The summed E-state index contributed by atoms with van der Waals surface area (Å²) in [6.45, 7) is -0.385. The Morgan fingerprint density at radius 2 is 2.05 bits per heavy atom. The molecule has 21 heavy (non-hydrogen) atoms. The molecular formula is C12H13N3O5S. The summed E-state index contributed by atoms with van der Waals surface area (Å²) in [4.78, 5) is 17.0. The van der Waals surface area contributed by atoms with Crippen molar-refractivity contribution in [2.45, 2.75) is 11.4 Å². The largest absolute Gasteiger partial charge is 0.482 e. The summed E-state index contributed by atoms with van der Waals surface area (Å²) in [6, 6.07) is 5.47. The van der Waals surface area contributed by atoms with Crippen molar-refractivity contribution in [2.75, 3.05) is 6.61 Å². The van der Waals surface area contributed by atoms with Crippen molar-refractivity contribution in [3.05, 3.63) is 42.5 Å². The number of sulfonamides is 1. The van der Waals surface area contributed by atoms with Crippen molar-refractivity contribution in [3.8, 4) is 5.75 Å². The Labute approximate surface area is 120 Å². The second-order valence-corrected chi connectivity index (χ2v) is 5.82. The van der Waals surface area contributed by atoms with Crippen LogP contribution in [0.3, 0.4) is 0 Å². The van der Waals surface area contributed by atoms with Crippen molar-refractivity contribution in [1.29, 1.82) is 0 Å². The van der Waals surface area contributed by atoms with Gasteiger partial charge in [-0.2, -0.15) is 0 Å². The first-order chi connectivity index (χ1) is 9.97. The number of imidazole rings is 1. The number of nitrogens with zero attached hydrogens (tertiary/aromatic N) is 1. The fourth-order valence-corrected chi connectivity index (χ4v) is 2.50. The second kappa shape index (κ2) is 6.37. The Kier molecular flexibility index (Phi) is 4.55. The van der Waals surface area contributed by atoms with E-state index < -0.39 is 22.6 Å². The Morgan fingerprint density at radius 3 is 2.62 bits per heavy atom. The van der Waals surface area contributed by atoms with Crippen LogP contribution in [0.15, 0.2) is 41.7 Å². The average Bonchev–Trinajstić information content (AvgIpc) is 2.97. The standard InChI is InChI=1S/C12H13N3O5S/c16-12(17)7-20-10-1-3-11(4-2-10)21(18,19)15-6-9-5-13-8-14-9/h1-5,8,15H,6-7H2,(H,13,14)(H,16,17). The van der Waals surface area contributed by atoms with Gasteiger partial charge in [-0.05, 0) is 24.3 Å². The second-order valence-electron chi connectivity index (χ2n) is 4.06. The topological polar surface area (TPSA) is 121 Å². The zero-order chi connectivity index (χ0) is 15.3. The highest BCUT2D eigenvalue weighted by molar-refractivity contribution is 7.89. The Hall–Kier alpha value is -2.39. The third-order valence-corrected chi connectivity index (χ3v) is 3.92. The molecule has 1 heterocycles. The van der Waals surface area contributed by atoms with Crippen LogP contribution in [0, 0.1) is 0 Å². The lowest BCUT2D eigenvalue weighted by molar-refractivity contribution is -0.139. The quantitative estimate of drug-likeness (QED) is 0.678. The molecule has 0 atom stereocenters. The van der Waals surface area contributed by atoms with Crippen LogP contribution in [-0.2, 0) is 21.4 Å². The third kappa shape index (κ3) is 4.29. The highest BCUT2D eigenvalue weighted by Gasteiger charge is 2.14. The molecule has 0 saturated carbocycles. The lowest BCUT2D eigenvalue weighted by atomic mass is 10.3. The van der Waals surface area contributed by atoms with Gasteiger partial charge in [0.2, 0.25) is 10.0 Å². The molecule has 1 aromatic heterocycles. The normalized spacial score (nSPS) is 11.2. The van der Waals surface area contributed by atoms with E-state index in [0.717, 1.165) is 0 Å². The first kappa shape index (κ1) is 15.0. The Morgan fingerprint density at radius 1 is 1.33 bits per heavy atom. The van der Waals surface area contributed by atoms with Gasteiger partial charge in [0.1, 0.15) is 5.75 Å². The Bertz CT molecular complexity index is 695. The maximum Gasteiger partial charge on any atom is 0.341 e. The number of ether oxygens (including phenoxy) is 1. The number of aromatic nitrogens is 2. The van der Waals surface area contributed by atoms with E-state index in [1.54, 1.807) is 0 Å². The van der Waals surface area contributed by atoms with Gasteiger partial charge >= 0.3 is 5.97 Å². The smallest absolute Gasteiger partial charge is 0.341 e. The van der Waals surface area contributed by atoms with E-state index >= 15 is 0 Å². The summed E-state index contributed by atoms with van der Waals surface area (Å²) < 4.78 is 31.4. The van der Waals surface area contributed by atoms with Gasteiger partial charge in [-0.1, -0.05) is 0 Å². The van der Waals surface area contributed by atoms with Gasteiger partial charge in [0.05, 0.1) is 17.8 Å². The molecule has 9 heteroatoms. The van der Waals surface area contributed by atoms with E-state index in [2.05, 4.69) is 14.7 Å². The molecule has 0 saturated heterocycles. The molecule has 0 bridgehead atoms. The number of rotatable bonds is 7. The van der Waals surface area contributed by atoms with E-state index in [1.165, 1.54) is 36.8 Å². The van der Waals surface area contributed by atoms with Crippen LogP contribution in [0.25, 0.3) is 0 Å². The first-order valence-corrected chi connectivity index (χ1v) is 7.37. The number of aliphatic carboxylic acids is 1. The van der Waals surface area contributed by atoms with Crippen LogP contribution in [0.5, 0.6) is 5.75 Å². The number of benzene rings is 1. The average molecular weight is 311 g/mol. The molecule has 0 amide bonds. The Balaban J connectivity index is 2.01. The number of carboxylic acids is 1. The number of hydrogen-bond donors (Lipinski definition) is 3. The van der Waals surface area contributed by atoms with Crippen LogP contribution in [0.2, 0.25) is 0 Å².